The number of nitrogens with zero attached hydrogens (tertiary/aromatic N) is 1. The van der Waals surface area contributed by atoms with Crippen LogP contribution >= 0.6 is 0 Å². The first-order valence-corrected chi connectivity index (χ1v) is 13.0. The van der Waals surface area contributed by atoms with Crippen LogP contribution in [0.3, 0.4) is 0 Å². The Morgan fingerprint density at radius 3 is 1.21 bits per heavy atom. The van der Waals surface area contributed by atoms with Gasteiger partial charge in [-0.25, -0.2) is 0 Å². The molecule has 0 saturated heterocycles. The highest BCUT2D eigenvalue weighted by Gasteiger charge is 2.07. The summed E-state index contributed by atoms with van der Waals surface area (Å²) in [6, 6.07) is 0. The molecule has 28 heavy (non-hydrogen) atoms. The molecule has 0 aliphatic carbocycles. The van der Waals surface area contributed by atoms with Gasteiger partial charge < -0.3 is 4.90 Å². The zero-order valence-electron chi connectivity index (χ0n) is 19.9. The average Bonchev–Trinajstić information content (AvgIpc) is 2.70. The molecule has 0 aromatic carbocycles. The minimum absolute atomic E-state index is 0.356. The van der Waals surface area contributed by atoms with Gasteiger partial charge in [-0.3, -0.25) is 4.79 Å². The van der Waals surface area contributed by atoms with Crippen molar-refractivity contribution in [2.24, 2.45) is 0 Å². The highest BCUT2D eigenvalue weighted by molar-refractivity contribution is 5.75. The third-order valence-corrected chi connectivity index (χ3v) is 6.02. The summed E-state index contributed by atoms with van der Waals surface area (Å²) >= 11 is 0. The molecule has 0 heterocycles. The van der Waals surface area contributed by atoms with Gasteiger partial charge in [-0.1, -0.05) is 129 Å². The maximum atomic E-state index is 12.2. The van der Waals surface area contributed by atoms with Crippen LogP contribution in [0.2, 0.25) is 0 Å². The normalized spacial score (nSPS) is 11.1. The van der Waals surface area contributed by atoms with Crippen LogP contribution in [0.25, 0.3) is 0 Å². The summed E-state index contributed by atoms with van der Waals surface area (Å²) in [5, 5.41) is 0. The molecule has 0 spiro atoms. The Bertz CT molecular complexity index is 316. The molecule has 0 aliphatic heterocycles. The van der Waals surface area contributed by atoms with E-state index in [0.29, 0.717) is 5.91 Å². The van der Waals surface area contributed by atoms with Crippen LogP contribution < -0.4 is 0 Å². The first-order valence-electron chi connectivity index (χ1n) is 13.0. The summed E-state index contributed by atoms with van der Waals surface area (Å²) in [7, 11) is 1.99. The number of amides is 1. The fourth-order valence-electron chi connectivity index (χ4n) is 3.92. The number of carbonyl (C=O) groups is 1. The molecule has 0 aliphatic rings. The Hall–Kier alpha value is -0.530. The summed E-state index contributed by atoms with van der Waals surface area (Å²) in [6.45, 7) is 5.49. The highest BCUT2D eigenvalue weighted by atomic mass is 16.2. The predicted molar refractivity (Wildman–Crippen MR) is 126 cm³/mol. The van der Waals surface area contributed by atoms with E-state index in [0.717, 1.165) is 19.4 Å². The Labute approximate surface area is 178 Å². The van der Waals surface area contributed by atoms with Gasteiger partial charge in [0, 0.05) is 20.0 Å². The Morgan fingerprint density at radius 2 is 0.821 bits per heavy atom. The lowest BCUT2D eigenvalue weighted by atomic mass is 10.0. The summed E-state index contributed by atoms with van der Waals surface area (Å²) < 4.78 is 0. The number of unbranched alkanes of at least 4 members (excludes halogenated alkanes) is 18. The molecule has 0 atom stereocenters. The van der Waals surface area contributed by atoms with Crippen molar-refractivity contribution in [3.8, 4) is 0 Å². The van der Waals surface area contributed by atoms with Crippen LogP contribution in [0.15, 0.2) is 0 Å². The molecule has 2 heteroatoms. The van der Waals surface area contributed by atoms with Gasteiger partial charge in [-0.15, -0.1) is 0 Å². The third-order valence-electron chi connectivity index (χ3n) is 6.02. The van der Waals surface area contributed by atoms with E-state index in [1.54, 1.807) is 0 Å². The van der Waals surface area contributed by atoms with Crippen molar-refractivity contribution < 1.29 is 4.79 Å². The molecule has 1 amide bonds. The maximum absolute atomic E-state index is 12.2. The van der Waals surface area contributed by atoms with Gasteiger partial charge in [0.05, 0.1) is 0 Å². The van der Waals surface area contributed by atoms with E-state index >= 15 is 0 Å². The SMILES string of the molecule is CCCCCCCCCCCCCCCC(=O)N(C)CCCCCCCCC. The highest BCUT2D eigenvalue weighted by Crippen LogP contribution is 2.13. The van der Waals surface area contributed by atoms with E-state index in [-0.39, 0.29) is 0 Å². The van der Waals surface area contributed by atoms with E-state index in [1.807, 2.05) is 11.9 Å². The van der Waals surface area contributed by atoms with Gasteiger partial charge in [0.25, 0.3) is 0 Å². The largest absolute Gasteiger partial charge is 0.346 e. The summed E-state index contributed by atoms with van der Waals surface area (Å²) in [4.78, 5) is 14.1. The Morgan fingerprint density at radius 1 is 0.500 bits per heavy atom. The summed E-state index contributed by atoms with van der Waals surface area (Å²) in [5.74, 6) is 0.356. The van der Waals surface area contributed by atoms with Gasteiger partial charge in [0.1, 0.15) is 0 Å². The van der Waals surface area contributed by atoms with Crippen LogP contribution in [0.1, 0.15) is 149 Å². The van der Waals surface area contributed by atoms with Gasteiger partial charge in [-0.05, 0) is 12.8 Å². The van der Waals surface area contributed by atoms with Crippen LogP contribution in [-0.2, 0) is 4.79 Å². The zero-order valence-corrected chi connectivity index (χ0v) is 19.9. The minimum atomic E-state index is 0.356. The van der Waals surface area contributed by atoms with Crippen molar-refractivity contribution >= 4 is 5.91 Å². The second-order valence-electron chi connectivity index (χ2n) is 8.93. The molecule has 0 unspecified atom stereocenters. The van der Waals surface area contributed by atoms with Crippen molar-refractivity contribution in [2.75, 3.05) is 13.6 Å². The van der Waals surface area contributed by atoms with Crippen molar-refractivity contribution in [2.45, 2.75) is 149 Å². The predicted octanol–water partition coefficient (Wildman–Crippen LogP) is 8.68. The fourth-order valence-corrected chi connectivity index (χ4v) is 3.92. The van der Waals surface area contributed by atoms with E-state index in [9.17, 15) is 4.79 Å². The molecule has 168 valence electrons. The quantitative estimate of drug-likeness (QED) is 0.168. The molecular weight excluding hydrogens is 342 g/mol. The minimum Gasteiger partial charge on any atom is -0.346 e. The van der Waals surface area contributed by atoms with Gasteiger partial charge in [0.15, 0.2) is 0 Å². The lowest BCUT2D eigenvalue weighted by Gasteiger charge is -2.17. The van der Waals surface area contributed by atoms with E-state index in [4.69, 9.17) is 0 Å². The first-order chi connectivity index (χ1) is 13.7. The summed E-state index contributed by atoms with van der Waals surface area (Å²) in [6.07, 6.45) is 27.7. The lowest BCUT2D eigenvalue weighted by molar-refractivity contribution is -0.130. The molecule has 2 nitrogen and oxygen atoms in total. The molecule has 0 rings (SSSR count). The Balaban J connectivity index is 3.29. The van der Waals surface area contributed by atoms with E-state index < -0.39 is 0 Å². The van der Waals surface area contributed by atoms with Crippen LogP contribution in [0, 0.1) is 0 Å². The summed E-state index contributed by atoms with van der Waals surface area (Å²) in [5.41, 5.74) is 0. The molecular formula is C26H53NO. The second kappa shape index (κ2) is 22.8. The maximum Gasteiger partial charge on any atom is 0.222 e. The molecule has 0 radical (unpaired) electrons. The molecule has 0 aromatic rings. The van der Waals surface area contributed by atoms with Gasteiger partial charge in [0.2, 0.25) is 5.91 Å². The number of hydrogen-bond acceptors (Lipinski definition) is 1. The van der Waals surface area contributed by atoms with E-state index in [1.165, 1.54) is 122 Å². The van der Waals surface area contributed by atoms with Crippen LogP contribution in [0.5, 0.6) is 0 Å². The number of carbonyl (C=O) groups excluding carboxylic acids is 1. The average molecular weight is 396 g/mol. The third kappa shape index (κ3) is 20.2. The molecule has 0 saturated carbocycles. The van der Waals surface area contributed by atoms with Crippen LogP contribution in [-0.4, -0.2) is 24.4 Å². The lowest BCUT2D eigenvalue weighted by Crippen LogP contribution is -2.27. The Kier molecular flexibility index (Phi) is 22.3. The van der Waals surface area contributed by atoms with E-state index in [2.05, 4.69) is 13.8 Å². The van der Waals surface area contributed by atoms with Crippen molar-refractivity contribution in [3.05, 3.63) is 0 Å². The molecule has 0 N–H and O–H groups in total. The van der Waals surface area contributed by atoms with Crippen molar-refractivity contribution in [3.63, 3.8) is 0 Å². The van der Waals surface area contributed by atoms with Crippen molar-refractivity contribution in [1.29, 1.82) is 0 Å². The smallest absolute Gasteiger partial charge is 0.222 e. The number of rotatable bonds is 22. The topological polar surface area (TPSA) is 20.3 Å². The van der Waals surface area contributed by atoms with Crippen molar-refractivity contribution in [1.82, 2.24) is 4.90 Å². The van der Waals surface area contributed by atoms with Gasteiger partial charge in [-0.2, -0.15) is 0 Å². The standard InChI is InChI=1S/C26H53NO/c1-4-6-8-10-12-13-14-15-16-17-18-20-22-24-26(28)27(3)25-23-21-19-11-9-7-5-2/h4-25H2,1-3H3. The monoisotopic (exact) mass is 395 g/mol. The fraction of sp³-hybridized carbons (Fsp3) is 0.962. The number of hydrogen-bond donors (Lipinski definition) is 0. The second-order valence-corrected chi connectivity index (χ2v) is 8.93. The first kappa shape index (κ1) is 27.5. The molecule has 0 bridgehead atoms. The molecule has 0 fully saturated rings. The zero-order chi connectivity index (χ0) is 20.7. The van der Waals surface area contributed by atoms with Gasteiger partial charge >= 0.3 is 0 Å². The van der Waals surface area contributed by atoms with Crippen LogP contribution in [0.4, 0.5) is 0 Å². The molecule has 0 aromatic heterocycles.